The fourth-order valence-electron chi connectivity index (χ4n) is 2.94. The number of thiocarbonyl (C=S) groups is 1. The quantitative estimate of drug-likeness (QED) is 0.680. The summed E-state index contributed by atoms with van der Waals surface area (Å²) in [7, 11) is 6.50. The number of ether oxygens (including phenoxy) is 4. The molecule has 5 nitrogen and oxygen atoms in total. The van der Waals surface area contributed by atoms with E-state index in [1.807, 2.05) is 36.4 Å². The predicted octanol–water partition coefficient (Wildman–Crippen LogP) is 4.30. The lowest BCUT2D eigenvalue weighted by Crippen LogP contribution is -2.26. The number of thioether (sulfide) groups is 1. The Kier molecular flexibility index (Phi) is 5.78. The van der Waals surface area contributed by atoms with E-state index in [0.717, 1.165) is 27.7 Å². The minimum absolute atomic E-state index is 0.0320. The molecule has 0 aromatic heterocycles. The van der Waals surface area contributed by atoms with Gasteiger partial charge in [-0.15, -0.1) is 11.8 Å². The first-order valence-corrected chi connectivity index (χ1v) is 9.46. The highest BCUT2D eigenvalue weighted by atomic mass is 32.2. The van der Waals surface area contributed by atoms with Crippen LogP contribution in [0.25, 0.3) is 0 Å². The summed E-state index contributed by atoms with van der Waals surface area (Å²) >= 11 is 7.39. The van der Waals surface area contributed by atoms with Gasteiger partial charge < -0.3 is 23.8 Å². The van der Waals surface area contributed by atoms with Crippen molar-refractivity contribution in [2.24, 2.45) is 0 Å². The number of methoxy groups -OCH3 is 4. The van der Waals surface area contributed by atoms with Crippen molar-refractivity contribution in [3.63, 3.8) is 0 Å². The van der Waals surface area contributed by atoms with Crippen LogP contribution in [0.4, 0.5) is 5.69 Å². The molecule has 26 heavy (non-hydrogen) atoms. The first-order valence-electron chi connectivity index (χ1n) is 8.00. The van der Waals surface area contributed by atoms with Crippen molar-refractivity contribution in [2.45, 2.75) is 5.37 Å². The van der Waals surface area contributed by atoms with E-state index in [1.165, 1.54) is 0 Å². The van der Waals surface area contributed by atoms with E-state index in [4.69, 9.17) is 31.2 Å². The van der Waals surface area contributed by atoms with Gasteiger partial charge in [-0.05, 0) is 42.0 Å². The van der Waals surface area contributed by atoms with Crippen LogP contribution in [0.1, 0.15) is 10.9 Å². The van der Waals surface area contributed by atoms with Crippen LogP contribution in [0.3, 0.4) is 0 Å². The molecule has 1 fully saturated rings. The van der Waals surface area contributed by atoms with Gasteiger partial charge in [0.15, 0.2) is 11.5 Å². The predicted molar refractivity (Wildman–Crippen MR) is 109 cm³/mol. The van der Waals surface area contributed by atoms with E-state index in [2.05, 4.69) is 4.90 Å². The molecule has 1 aliphatic heterocycles. The van der Waals surface area contributed by atoms with Crippen molar-refractivity contribution in [2.75, 3.05) is 39.1 Å². The summed E-state index contributed by atoms with van der Waals surface area (Å²) in [4.78, 5) is 3.04. The van der Waals surface area contributed by atoms with Crippen molar-refractivity contribution in [3.05, 3.63) is 42.0 Å². The molecule has 1 unspecified atom stereocenters. The lowest BCUT2D eigenvalue weighted by Gasteiger charge is -2.27. The van der Waals surface area contributed by atoms with Crippen LogP contribution in [-0.4, -0.2) is 39.2 Å². The molecule has 1 saturated heterocycles. The first kappa shape index (κ1) is 18.7. The van der Waals surface area contributed by atoms with Gasteiger partial charge in [-0.3, -0.25) is 0 Å². The average Bonchev–Trinajstić information content (AvgIpc) is 3.08. The molecular weight excluding hydrogens is 370 g/mol. The molecule has 0 amide bonds. The largest absolute Gasteiger partial charge is 0.497 e. The Morgan fingerprint density at radius 1 is 0.923 bits per heavy atom. The fraction of sp³-hybridized carbons (Fsp3) is 0.316. The maximum Gasteiger partial charge on any atom is 0.203 e. The number of anilines is 1. The second-order valence-corrected chi connectivity index (χ2v) is 7.12. The number of benzene rings is 2. The Labute approximate surface area is 163 Å². The molecule has 0 bridgehead atoms. The van der Waals surface area contributed by atoms with E-state index in [-0.39, 0.29) is 5.37 Å². The van der Waals surface area contributed by atoms with E-state index in [1.54, 1.807) is 40.2 Å². The fourth-order valence-corrected chi connectivity index (χ4v) is 4.58. The van der Waals surface area contributed by atoms with Crippen molar-refractivity contribution in [1.82, 2.24) is 0 Å². The molecule has 2 aromatic carbocycles. The van der Waals surface area contributed by atoms with Gasteiger partial charge in [-0.1, -0.05) is 12.2 Å². The smallest absolute Gasteiger partial charge is 0.203 e. The van der Waals surface area contributed by atoms with Gasteiger partial charge >= 0.3 is 0 Å². The van der Waals surface area contributed by atoms with Crippen molar-refractivity contribution >= 4 is 34.7 Å². The molecule has 1 aliphatic rings. The summed E-state index contributed by atoms with van der Waals surface area (Å²) in [6.07, 6.45) is 0. The van der Waals surface area contributed by atoms with Crippen LogP contribution >= 0.6 is 24.0 Å². The van der Waals surface area contributed by atoms with Crippen molar-refractivity contribution in [1.29, 1.82) is 0 Å². The minimum atomic E-state index is 0.0320. The third-order valence-corrected chi connectivity index (χ3v) is 5.95. The summed E-state index contributed by atoms with van der Waals surface area (Å²) in [6.45, 7) is 0. The van der Waals surface area contributed by atoms with Gasteiger partial charge in [0.25, 0.3) is 0 Å². The third-order valence-electron chi connectivity index (χ3n) is 4.19. The highest BCUT2D eigenvalue weighted by Gasteiger charge is 2.33. The molecule has 7 heteroatoms. The van der Waals surface area contributed by atoms with Crippen LogP contribution in [0.2, 0.25) is 0 Å². The monoisotopic (exact) mass is 391 g/mol. The highest BCUT2D eigenvalue weighted by molar-refractivity contribution is 8.02. The van der Waals surface area contributed by atoms with E-state index >= 15 is 0 Å². The summed E-state index contributed by atoms with van der Waals surface area (Å²) in [5.74, 6) is 3.45. The Morgan fingerprint density at radius 3 is 2.04 bits per heavy atom. The summed E-state index contributed by atoms with van der Waals surface area (Å²) < 4.78 is 21.7. The molecule has 1 atom stereocenters. The van der Waals surface area contributed by atoms with Crippen LogP contribution < -0.4 is 23.8 Å². The van der Waals surface area contributed by atoms with Crippen LogP contribution in [0.15, 0.2) is 36.4 Å². The van der Waals surface area contributed by atoms with Gasteiger partial charge in [-0.2, -0.15) is 0 Å². The van der Waals surface area contributed by atoms with Gasteiger partial charge in [0.2, 0.25) is 5.75 Å². The van der Waals surface area contributed by atoms with Crippen molar-refractivity contribution in [3.8, 4) is 23.0 Å². The summed E-state index contributed by atoms with van der Waals surface area (Å²) in [5, 5.41) is 0.0320. The van der Waals surface area contributed by atoms with Crippen LogP contribution in [0, 0.1) is 0 Å². The van der Waals surface area contributed by atoms with Crippen molar-refractivity contribution < 1.29 is 18.9 Å². The number of rotatable bonds is 6. The number of nitrogens with zero attached hydrogens (tertiary/aromatic N) is 1. The second kappa shape index (κ2) is 8.05. The molecule has 2 aromatic rings. The molecule has 1 heterocycles. The van der Waals surface area contributed by atoms with Gasteiger partial charge in [0.05, 0.1) is 33.4 Å². The van der Waals surface area contributed by atoms with Gasteiger partial charge in [0, 0.05) is 11.4 Å². The maximum atomic E-state index is 5.62. The SMILES string of the molecule is COc1ccc(N2C(=S)CSC2c2cc(OC)c(OC)c(OC)c2)cc1. The summed E-state index contributed by atoms with van der Waals surface area (Å²) in [5.41, 5.74) is 2.07. The van der Waals surface area contributed by atoms with E-state index in [9.17, 15) is 0 Å². The molecule has 0 aliphatic carbocycles. The molecule has 138 valence electrons. The standard InChI is InChI=1S/C19H21NO4S2/c1-21-14-7-5-13(6-8-14)20-17(25)11-26-19(20)12-9-15(22-2)18(24-4)16(10-12)23-3/h5-10,19H,11H2,1-4H3. The maximum absolute atomic E-state index is 5.62. The van der Waals surface area contributed by atoms with E-state index < -0.39 is 0 Å². The number of hydrogen-bond donors (Lipinski definition) is 0. The summed E-state index contributed by atoms with van der Waals surface area (Å²) in [6, 6.07) is 11.9. The first-order chi connectivity index (χ1) is 12.6. The Hall–Kier alpha value is -2.12. The van der Waals surface area contributed by atoms with E-state index in [0.29, 0.717) is 17.2 Å². The zero-order chi connectivity index (χ0) is 18.7. The third kappa shape index (κ3) is 3.41. The minimum Gasteiger partial charge on any atom is -0.497 e. The Morgan fingerprint density at radius 2 is 1.54 bits per heavy atom. The highest BCUT2D eigenvalue weighted by Crippen LogP contribution is 2.47. The number of hydrogen-bond acceptors (Lipinski definition) is 6. The normalized spacial score (nSPS) is 16.5. The lowest BCUT2D eigenvalue weighted by atomic mass is 10.1. The van der Waals surface area contributed by atoms with Gasteiger partial charge in [0.1, 0.15) is 11.1 Å². The lowest BCUT2D eigenvalue weighted by molar-refractivity contribution is 0.324. The zero-order valence-corrected chi connectivity index (χ0v) is 16.8. The van der Waals surface area contributed by atoms with Gasteiger partial charge in [-0.25, -0.2) is 0 Å². The molecular formula is C19H21NO4S2. The molecule has 3 rings (SSSR count). The second-order valence-electron chi connectivity index (χ2n) is 5.58. The Bertz CT molecular complexity index is 770. The zero-order valence-electron chi connectivity index (χ0n) is 15.1. The van der Waals surface area contributed by atoms with Crippen LogP contribution in [0.5, 0.6) is 23.0 Å². The average molecular weight is 392 g/mol. The molecule has 0 radical (unpaired) electrons. The molecule has 0 N–H and O–H groups in total. The van der Waals surface area contributed by atoms with Crippen LogP contribution in [-0.2, 0) is 0 Å². The molecule has 0 saturated carbocycles. The topological polar surface area (TPSA) is 40.2 Å². The Balaban J connectivity index is 2.02. The molecule has 0 spiro atoms.